The van der Waals surface area contributed by atoms with Gasteiger partial charge in [-0.1, -0.05) is 29.8 Å². The van der Waals surface area contributed by atoms with E-state index in [0.717, 1.165) is 6.07 Å². The molecule has 0 bridgehead atoms. The lowest BCUT2D eigenvalue weighted by Crippen LogP contribution is -2.17. The van der Waals surface area contributed by atoms with E-state index < -0.39 is 21.7 Å². The minimum atomic E-state index is -4.00. The van der Waals surface area contributed by atoms with Crippen molar-refractivity contribution in [3.63, 3.8) is 0 Å². The topological polar surface area (TPSA) is 84.5 Å². The van der Waals surface area contributed by atoms with Gasteiger partial charge in [-0.15, -0.1) is 0 Å². The maximum absolute atomic E-state index is 13.9. The van der Waals surface area contributed by atoms with Crippen LogP contribution in [0.15, 0.2) is 65.6 Å². The summed E-state index contributed by atoms with van der Waals surface area (Å²) in [6, 6.07) is 14.3. The molecule has 0 atom stereocenters. The molecule has 0 aliphatic carbocycles. The van der Waals surface area contributed by atoms with E-state index in [2.05, 4.69) is 10.0 Å². The number of carbonyl (C=O) groups excluding carboxylic acids is 1. The van der Waals surface area contributed by atoms with E-state index >= 15 is 0 Å². The molecule has 9 heteroatoms. The third-order valence-corrected chi connectivity index (χ3v) is 5.89. The van der Waals surface area contributed by atoms with Gasteiger partial charge in [0.1, 0.15) is 11.6 Å². The molecule has 0 radical (unpaired) electrons. The second kappa shape index (κ2) is 8.73. The molecule has 2 N–H and O–H groups in total. The molecule has 30 heavy (non-hydrogen) atoms. The summed E-state index contributed by atoms with van der Waals surface area (Å²) in [7, 11) is -2.63. The molecule has 3 rings (SSSR count). The van der Waals surface area contributed by atoms with Crippen LogP contribution in [0.2, 0.25) is 5.02 Å². The number of anilines is 2. The summed E-state index contributed by atoms with van der Waals surface area (Å²) in [6.07, 6.45) is 0. The van der Waals surface area contributed by atoms with Crippen LogP contribution < -0.4 is 14.8 Å². The molecular formula is C21H18ClFN2O4S. The van der Waals surface area contributed by atoms with Gasteiger partial charge < -0.3 is 10.1 Å². The van der Waals surface area contributed by atoms with Crippen LogP contribution in [-0.4, -0.2) is 21.4 Å². The first-order valence-electron chi connectivity index (χ1n) is 8.74. The number of halogens is 2. The molecule has 0 saturated carbocycles. The molecule has 0 spiro atoms. The first-order valence-corrected chi connectivity index (χ1v) is 10.6. The number of hydrogen-bond donors (Lipinski definition) is 2. The zero-order chi connectivity index (χ0) is 21.9. The van der Waals surface area contributed by atoms with Gasteiger partial charge in [0, 0.05) is 5.02 Å². The second-order valence-electron chi connectivity index (χ2n) is 6.36. The Hall–Kier alpha value is -3.10. The Kier molecular flexibility index (Phi) is 6.28. The summed E-state index contributed by atoms with van der Waals surface area (Å²) in [6.45, 7) is 1.74. The minimum Gasteiger partial charge on any atom is -0.495 e. The highest BCUT2D eigenvalue weighted by Gasteiger charge is 2.20. The lowest BCUT2D eigenvalue weighted by molar-refractivity contribution is 0.102. The lowest BCUT2D eigenvalue weighted by Gasteiger charge is -2.14. The number of hydrogen-bond acceptors (Lipinski definition) is 4. The Morgan fingerprint density at radius 2 is 1.77 bits per heavy atom. The number of amides is 1. The largest absolute Gasteiger partial charge is 0.495 e. The molecular weight excluding hydrogens is 431 g/mol. The third-order valence-electron chi connectivity index (χ3n) is 4.29. The van der Waals surface area contributed by atoms with E-state index in [1.54, 1.807) is 19.1 Å². The van der Waals surface area contributed by atoms with Gasteiger partial charge in [0.05, 0.1) is 28.9 Å². The fraction of sp³-hybridized carbons (Fsp3) is 0.0952. The van der Waals surface area contributed by atoms with Crippen LogP contribution in [0.4, 0.5) is 15.8 Å². The number of nitrogens with one attached hydrogen (secondary N) is 2. The average molecular weight is 449 g/mol. The Labute approximate surface area is 178 Å². The van der Waals surface area contributed by atoms with Crippen LogP contribution >= 0.6 is 11.6 Å². The summed E-state index contributed by atoms with van der Waals surface area (Å²) >= 11 is 5.96. The fourth-order valence-electron chi connectivity index (χ4n) is 2.69. The average Bonchev–Trinajstić information content (AvgIpc) is 2.70. The molecule has 0 aliphatic rings. The molecule has 0 saturated heterocycles. The molecule has 156 valence electrons. The quantitative estimate of drug-likeness (QED) is 0.564. The summed E-state index contributed by atoms with van der Waals surface area (Å²) in [5.74, 6) is -1.21. The van der Waals surface area contributed by atoms with Gasteiger partial charge in [-0.2, -0.15) is 0 Å². The van der Waals surface area contributed by atoms with Gasteiger partial charge >= 0.3 is 0 Å². The van der Waals surface area contributed by atoms with Crippen LogP contribution in [0.1, 0.15) is 15.9 Å². The van der Waals surface area contributed by atoms with Crippen molar-refractivity contribution in [3.05, 3.63) is 82.6 Å². The van der Waals surface area contributed by atoms with Crippen molar-refractivity contribution in [2.24, 2.45) is 0 Å². The van der Waals surface area contributed by atoms with Crippen LogP contribution in [0.3, 0.4) is 0 Å². The third kappa shape index (κ3) is 4.72. The number of ether oxygens (including phenoxy) is 1. The van der Waals surface area contributed by atoms with Crippen molar-refractivity contribution in [3.8, 4) is 5.75 Å². The summed E-state index contributed by atoms with van der Waals surface area (Å²) < 4.78 is 47.3. The molecule has 3 aromatic rings. The van der Waals surface area contributed by atoms with Crippen molar-refractivity contribution in [2.45, 2.75) is 11.8 Å². The van der Waals surface area contributed by atoms with Crippen LogP contribution in [-0.2, 0) is 10.0 Å². The number of methoxy groups -OCH3 is 1. The van der Waals surface area contributed by atoms with E-state index in [9.17, 15) is 17.6 Å². The van der Waals surface area contributed by atoms with Crippen molar-refractivity contribution in [1.82, 2.24) is 0 Å². The molecule has 0 aliphatic heterocycles. The van der Waals surface area contributed by atoms with E-state index in [1.165, 1.54) is 49.6 Å². The minimum absolute atomic E-state index is 0.0800. The smallest absolute Gasteiger partial charge is 0.261 e. The first kappa shape index (κ1) is 21.6. The number of carbonyl (C=O) groups is 1. The number of rotatable bonds is 6. The number of aryl methyl sites for hydroxylation is 1. The Morgan fingerprint density at radius 1 is 1.03 bits per heavy atom. The normalized spacial score (nSPS) is 11.1. The van der Waals surface area contributed by atoms with Gasteiger partial charge in [0.2, 0.25) is 0 Å². The predicted molar refractivity (Wildman–Crippen MR) is 114 cm³/mol. The highest BCUT2D eigenvalue weighted by atomic mass is 35.5. The standard InChI is InChI=1S/C21H18ClFN2O4S/c1-13-7-8-14(22)11-18(13)25-30(27,28)15-9-10-20(29-2)19(12-15)24-21(26)16-5-3-4-6-17(16)23/h3-12,25H,1-2H3,(H,24,26). The Bertz CT molecular complexity index is 1220. The number of benzene rings is 3. The van der Waals surface area contributed by atoms with Crippen LogP contribution in [0.25, 0.3) is 0 Å². The van der Waals surface area contributed by atoms with Gasteiger partial charge in [-0.3, -0.25) is 9.52 Å². The SMILES string of the molecule is COc1ccc(S(=O)(=O)Nc2cc(Cl)ccc2C)cc1NC(=O)c1ccccc1F. The van der Waals surface area contributed by atoms with E-state index in [0.29, 0.717) is 16.3 Å². The molecule has 0 heterocycles. The highest BCUT2D eigenvalue weighted by molar-refractivity contribution is 7.92. The summed E-state index contributed by atoms with van der Waals surface area (Å²) in [5, 5.41) is 2.88. The molecule has 1 amide bonds. The van der Waals surface area contributed by atoms with Gasteiger partial charge in [0.15, 0.2) is 0 Å². The predicted octanol–water partition coefficient (Wildman–Crippen LogP) is 4.85. The highest BCUT2D eigenvalue weighted by Crippen LogP contribution is 2.30. The Morgan fingerprint density at radius 3 is 2.47 bits per heavy atom. The first-order chi connectivity index (χ1) is 14.2. The summed E-state index contributed by atoms with van der Waals surface area (Å²) in [5.41, 5.74) is 0.914. The molecule has 0 fully saturated rings. The Balaban J connectivity index is 1.94. The van der Waals surface area contributed by atoms with Crippen LogP contribution in [0, 0.1) is 12.7 Å². The van der Waals surface area contributed by atoms with E-state index in [1.807, 2.05) is 0 Å². The summed E-state index contributed by atoms with van der Waals surface area (Å²) in [4.78, 5) is 12.3. The van der Waals surface area contributed by atoms with Gasteiger partial charge in [0.25, 0.3) is 15.9 Å². The van der Waals surface area contributed by atoms with E-state index in [-0.39, 0.29) is 21.9 Å². The van der Waals surface area contributed by atoms with Gasteiger partial charge in [-0.25, -0.2) is 12.8 Å². The second-order valence-corrected chi connectivity index (χ2v) is 8.48. The van der Waals surface area contributed by atoms with E-state index in [4.69, 9.17) is 16.3 Å². The van der Waals surface area contributed by atoms with Crippen molar-refractivity contribution in [2.75, 3.05) is 17.1 Å². The molecule has 0 aromatic heterocycles. The van der Waals surface area contributed by atoms with Crippen molar-refractivity contribution in [1.29, 1.82) is 0 Å². The molecule has 6 nitrogen and oxygen atoms in total. The molecule has 3 aromatic carbocycles. The monoisotopic (exact) mass is 448 g/mol. The maximum Gasteiger partial charge on any atom is 0.261 e. The van der Waals surface area contributed by atoms with Crippen molar-refractivity contribution < 1.29 is 22.3 Å². The zero-order valence-electron chi connectivity index (χ0n) is 16.1. The van der Waals surface area contributed by atoms with Crippen molar-refractivity contribution >= 4 is 38.9 Å². The lowest BCUT2D eigenvalue weighted by atomic mass is 10.2. The fourth-order valence-corrected chi connectivity index (χ4v) is 4.01. The van der Waals surface area contributed by atoms with Gasteiger partial charge in [-0.05, 0) is 55.0 Å². The molecule has 0 unspecified atom stereocenters. The maximum atomic E-state index is 13.9. The number of sulfonamides is 1. The van der Waals surface area contributed by atoms with Crippen LogP contribution in [0.5, 0.6) is 5.75 Å². The zero-order valence-corrected chi connectivity index (χ0v) is 17.6.